The second kappa shape index (κ2) is 6.10. The molecule has 122 valence electrons. The lowest BCUT2D eigenvalue weighted by atomic mass is 9.81. The smallest absolute Gasteiger partial charge is 0.225 e. The van der Waals surface area contributed by atoms with Gasteiger partial charge >= 0.3 is 0 Å². The maximum Gasteiger partial charge on any atom is 0.225 e. The molecule has 3 rings (SSSR count). The SMILES string of the molecule is CS(=O)(=O)N1CCCC2(COCCN(c3ncccn3)C2)C1. The first-order chi connectivity index (χ1) is 10.5. The van der Waals surface area contributed by atoms with Crippen LogP contribution in [0, 0.1) is 5.41 Å². The van der Waals surface area contributed by atoms with Gasteiger partial charge in [0, 0.05) is 44.0 Å². The molecule has 1 aromatic heterocycles. The molecule has 2 saturated heterocycles. The van der Waals surface area contributed by atoms with Crippen LogP contribution in [-0.2, 0) is 14.8 Å². The highest BCUT2D eigenvalue weighted by Gasteiger charge is 2.41. The Hall–Kier alpha value is -1.25. The molecule has 0 aliphatic carbocycles. The summed E-state index contributed by atoms with van der Waals surface area (Å²) in [6, 6.07) is 1.79. The average molecular weight is 326 g/mol. The summed E-state index contributed by atoms with van der Waals surface area (Å²) in [4.78, 5) is 10.7. The quantitative estimate of drug-likeness (QED) is 0.781. The first-order valence-electron chi connectivity index (χ1n) is 7.53. The summed E-state index contributed by atoms with van der Waals surface area (Å²) >= 11 is 0. The third-order valence-corrected chi connectivity index (χ3v) is 5.62. The van der Waals surface area contributed by atoms with Gasteiger partial charge < -0.3 is 9.64 Å². The molecule has 7 nitrogen and oxygen atoms in total. The van der Waals surface area contributed by atoms with Gasteiger partial charge in [0.1, 0.15) is 0 Å². The Morgan fingerprint density at radius 1 is 1.23 bits per heavy atom. The van der Waals surface area contributed by atoms with Crippen molar-refractivity contribution in [3.05, 3.63) is 18.5 Å². The minimum Gasteiger partial charge on any atom is -0.379 e. The Morgan fingerprint density at radius 2 is 2.00 bits per heavy atom. The first-order valence-corrected chi connectivity index (χ1v) is 9.38. The standard InChI is InChI=1S/C14H22N4O3S/c1-22(19,20)18-7-2-4-14(11-18)10-17(8-9-21-12-14)13-15-5-3-6-16-13/h3,5-6H,2,4,7-12H2,1H3. The van der Waals surface area contributed by atoms with E-state index in [9.17, 15) is 8.42 Å². The molecule has 0 amide bonds. The van der Waals surface area contributed by atoms with Crippen molar-refractivity contribution in [2.24, 2.45) is 5.41 Å². The number of piperidine rings is 1. The van der Waals surface area contributed by atoms with Gasteiger partial charge in [0.05, 0.1) is 19.5 Å². The second-order valence-corrected chi connectivity index (χ2v) is 8.21. The van der Waals surface area contributed by atoms with Gasteiger partial charge in [-0.15, -0.1) is 0 Å². The van der Waals surface area contributed by atoms with Gasteiger partial charge in [0.25, 0.3) is 0 Å². The molecule has 1 atom stereocenters. The summed E-state index contributed by atoms with van der Waals surface area (Å²) in [6.07, 6.45) is 6.55. The van der Waals surface area contributed by atoms with Crippen LogP contribution in [0.15, 0.2) is 18.5 Å². The van der Waals surface area contributed by atoms with Crippen molar-refractivity contribution in [1.82, 2.24) is 14.3 Å². The molecule has 0 bridgehead atoms. The van der Waals surface area contributed by atoms with Crippen LogP contribution >= 0.6 is 0 Å². The Bertz CT molecular complexity index is 610. The van der Waals surface area contributed by atoms with Gasteiger partial charge in [-0.25, -0.2) is 22.7 Å². The van der Waals surface area contributed by atoms with E-state index in [1.165, 1.54) is 6.26 Å². The van der Waals surface area contributed by atoms with Crippen LogP contribution in [0.5, 0.6) is 0 Å². The molecule has 2 aliphatic rings. The number of rotatable bonds is 2. The number of ether oxygens (including phenoxy) is 1. The zero-order chi connectivity index (χ0) is 15.6. The van der Waals surface area contributed by atoms with Crippen molar-refractivity contribution in [3.8, 4) is 0 Å². The highest BCUT2D eigenvalue weighted by atomic mass is 32.2. The summed E-state index contributed by atoms with van der Waals surface area (Å²) < 4.78 is 31.2. The number of aromatic nitrogens is 2. The van der Waals surface area contributed by atoms with Gasteiger partial charge in [0.2, 0.25) is 16.0 Å². The van der Waals surface area contributed by atoms with Gasteiger partial charge in [0.15, 0.2) is 0 Å². The molecular formula is C14H22N4O3S. The Morgan fingerprint density at radius 3 is 2.73 bits per heavy atom. The highest BCUT2D eigenvalue weighted by Crippen LogP contribution is 2.34. The van der Waals surface area contributed by atoms with E-state index in [1.807, 2.05) is 0 Å². The van der Waals surface area contributed by atoms with Crippen LogP contribution in [0.2, 0.25) is 0 Å². The number of anilines is 1. The monoisotopic (exact) mass is 326 g/mol. The molecule has 1 unspecified atom stereocenters. The summed E-state index contributed by atoms with van der Waals surface area (Å²) in [7, 11) is -3.17. The van der Waals surface area contributed by atoms with Crippen molar-refractivity contribution < 1.29 is 13.2 Å². The third kappa shape index (κ3) is 3.39. The number of nitrogens with zero attached hydrogens (tertiary/aromatic N) is 4. The Kier molecular flexibility index (Phi) is 4.33. The molecule has 22 heavy (non-hydrogen) atoms. The fraction of sp³-hybridized carbons (Fsp3) is 0.714. The first kappa shape index (κ1) is 15.6. The Balaban J connectivity index is 1.82. The fourth-order valence-electron chi connectivity index (χ4n) is 3.31. The predicted octanol–water partition coefficient (Wildman–Crippen LogP) is 0.355. The van der Waals surface area contributed by atoms with E-state index in [-0.39, 0.29) is 5.41 Å². The van der Waals surface area contributed by atoms with Crippen molar-refractivity contribution in [3.63, 3.8) is 0 Å². The minimum atomic E-state index is -3.17. The maximum atomic E-state index is 11.9. The lowest BCUT2D eigenvalue weighted by molar-refractivity contribution is 0.0351. The molecule has 2 fully saturated rings. The zero-order valence-electron chi connectivity index (χ0n) is 12.8. The fourth-order valence-corrected chi connectivity index (χ4v) is 4.28. The number of hydrogen-bond donors (Lipinski definition) is 0. The van der Waals surface area contributed by atoms with E-state index in [0.29, 0.717) is 32.3 Å². The molecule has 1 aromatic rings. The van der Waals surface area contributed by atoms with E-state index in [0.717, 1.165) is 25.9 Å². The van der Waals surface area contributed by atoms with Gasteiger partial charge in [-0.05, 0) is 18.9 Å². The zero-order valence-corrected chi connectivity index (χ0v) is 13.6. The lowest BCUT2D eigenvalue weighted by Crippen LogP contribution is -2.52. The van der Waals surface area contributed by atoms with Crippen molar-refractivity contribution in [2.45, 2.75) is 12.8 Å². The molecule has 2 aliphatic heterocycles. The lowest BCUT2D eigenvalue weighted by Gasteiger charge is -2.42. The molecule has 1 spiro atoms. The van der Waals surface area contributed by atoms with Crippen molar-refractivity contribution in [1.29, 1.82) is 0 Å². The summed E-state index contributed by atoms with van der Waals surface area (Å²) in [6.45, 7) is 3.76. The maximum absolute atomic E-state index is 11.9. The van der Waals surface area contributed by atoms with E-state index in [4.69, 9.17) is 4.74 Å². The molecule has 3 heterocycles. The van der Waals surface area contributed by atoms with Crippen LogP contribution in [0.1, 0.15) is 12.8 Å². The largest absolute Gasteiger partial charge is 0.379 e. The van der Waals surface area contributed by atoms with E-state index in [1.54, 1.807) is 22.8 Å². The predicted molar refractivity (Wildman–Crippen MR) is 83.1 cm³/mol. The Labute approximate surface area is 131 Å². The van der Waals surface area contributed by atoms with Crippen LogP contribution < -0.4 is 4.90 Å². The van der Waals surface area contributed by atoms with Crippen LogP contribution in [0.3, 0.4) is 0 Å². The van der Waals surface area contributed by atoms with Gasteiger partial charge in [-0.1, -0.05) is 0 Å². The minimum absolute atomic E-state index is 0.184. The topological polar surface area (TPSA) is 75.6 Å². The van der Waals surface area contributed by atoms with Gasteiger partial charge in [-0.3, -0.25) is 0 Å². The normalized spacial score (nSPS) is 27.8. The number of hydrogen-bond acceptors (Lipinski definition) is 6. The number of sulfonamides is 1. The molecular weight excluding hydrogens is 304 g/mol. The van der Waals surface area contributed by atoms with Crippen LogP contribution in [0.4, 0.5) is 5.95 Å². The summed E-state index contributed by atoms with van der Waals surface area (Å²) in [5.74, 6) is 0.684. The van der Waals surface area contributed by atoms with Crippen molar-refractivity contribution in [2.75, 3.05) is 50.5 Å². The van der Waals surface area contributed by atoms with Crippen molar-refractivity contribution >= 4 is 16.0 Å². The van der Waals surface area contributed by atoms with Gasteiger partial charge in [-0.2, -0.15) is 0 Å². The third-order valence-electron chi connectivity index (χ3n) is 4.37. The molecule has 0 saturated carbocycles. The van der Waals surface area contributed by atoms with E-state index >= 15 is 0 Å². The average Bonchev–Trinajstić information content (AvgIpc) is 2.70. The summed E-state index contributed by atoms with van der Waals surface area (Å²) in [5, 5.41) is 0. The van der Waals surface area contributed by atoms with Crippen LogP contribution in [-0.4, -0.2) is 68.3 Å². The highest BCUT2D eigenvalue weighted by molar-refractivity contribution is 7.88. The molecule has 0 N–H and O–H groups in total. The summed E-state index contributed by atoms with van der Waals surface area (Å²) in [5.41, 5.74) is -0.184. The second-order valence-electron chi connectivity index (χ2n) is 6.22. The molecule has 8 heteroatoms. The molecule has 0 radical (unpaired) electrons. The molecule has 0 aromatic carbocycles. The van der Waals surface area contributed by atoms with E-state index in [2.05, 4.69) is 14.9 Å². The van der Waals surface area contributed by atoms with Crippen LogP contribution in [0.25, 0.3) is 0 Å². The van der Waals surface area contributed by atoms with E-state index < -0.39 is 10.0 Å².